The molecule has 0 unspecified atom stereocenters. The second-order valence-corrected chi connectivity index (χ2v) is 5.03. The summed E-state index contributed by atoms with van der Waals surface area (Å²) in [6.07, 6.45) is 1.25. The van der Waals surface area contributed by atoms with Gasteiger partial charge >= 0.3 is 5.69 Å². The molecular weight excluding hydrogens is 306 g/mol. The van der Waals surface area contributed by atoms with Gasteiger partial charge in [0.25, 0.3) is 5.69 Å². The van der Waals surface area contributed by atoms with E-state index in [-0.39, 0.29) is 27.5 Å². The van der Waals surface area contributed by atoms with Gasteiger partial charge in [-0.3, -0.25) is 19.2 Å². The molecule has 1 aromatic carbocycles. The molecule has 0 saturated heterocycles. The molecule has 1 aromatic heterocycles. The van der Waals surface area contributed by atoms with E-state index in [0.29, 0.717) is 11.0 Å². The van der Waals surface area contributed by atoms with Gasteiger partial charge in [0.15, 0.2) is 0 Å². The number of benzene rings is 1. The quantitative estimate of drug-likeness (QED) is 0.296. The average molecular weight is 317 g/mol. The Labute approximate surface area is 129 Å². The molecule has 0 radical (unpaired) electrons. The zero-order chi connectivity index (χ0) is 16.6. The number of fused-ring (bicyclic) bond motifs is 1. The van der Waals surface area contributed by atoms with E-state index >= 15 is 0 Å². The van der Waals surface area contributed by atoms with Gasteiger partial charge in [0, 0.05) is 20.2 Å². The molecule has 0 saturated carbocycles. The van der Waals surface area contributed by atoms with E-state index in [1.807, 2.05) is 0 Å². The highest BCUT2D eigenvalue weighted by molar-refractivity contribution is 7.80. The van der Waals surface area contributed by atoms with E-state index in [9.17, 15) is 14.9 Å². The number of nitro groups is 1. The van der Waals surface area contributed by atoms with Crippen molar-refractivity contribution in [2.75, 3.05) is 0 Å². The van der Waals surface area contributed by atoms with E-state index in [0.717, 1.165) is 0 Å². The first-order valence-corrected chi connectivity index (χ1v) is 6.44. The summed E-state index contributed by atoms with van der Waals surface area (Å²) in [5.74, 6) is 0. The summed E-state index contributed by atoms with van der Waals surface area (Å²) in [6.45, 7) is 0. The average Bonchev–Trinajstić information content (AvgIpc) is 2.68. The minimum atomic E-state index is -0.586. The third-order valence-corrected chi connectivity index (χ3v) is 3.52. The highest BCUT2D eigenvalue weighted by Gasteiger charge is 2.19. The summed E-state index contributed by atoms with van der Waals surface area (Å²) in [4.78, 5) is 22.4. The summed E-state index contributed by atoms with van der Waals surface area (Å²) in [5.41, 5.74) is 5.90. The first-order valence-electron chi connectivity index (χ1n) is 6.03. The van der Waals surface area contributed by atoms with E-state index in [4.69, 9.17) is 23.2 Å². The smallest absolute Gasteiger partial charge is 0.328 e. The van der Waals surface area contributed by atoms with Crippen LogP contribution in [0.15, 0.2) is 22.5 Å². The lowest BCUT2D eigenvalue weighted by atomic mass is 10.1. The Kier molecular flexibility index (Phi) is 3.79. The topological polar surface area (TPSA) is 120 Å². The van der Waals surface area contributed by atoms with Crippen molar-refractivity contribution in [3.05, 3.63) is 43.9 Å². The molecule has 0 aliphatic carbocycles. The largest absolute Gasteiger partial charge is 0.389 e. The Hall–Kier alpha value is -2.99. The highest BCUT2D eigenvalue weighted by atomic mass is 32.1. The molecular formula is C13H11N5O3S. The van der Waals surface area contributed by atoms with Crippen molar-refractivity contribution in [3.63, 3.8) is 0 Å². The van der Waals surface area contributed by atoms with Crippen molar-refractivity contribution in [2.45, 2.75) is 0 Å². The molecule has 9 heteroatoms. The first-order chi connectivity index (χ1) is 10.3. The van der Waals surface area contributed by atoms with Crippen LogP contribution in [-0.2, 0) is 14.1 Å². The molecule has 0 aliphatic rings. The van der Waals surface area contributed by atoms with Crippen molar-refractivity contribution in [1.29, 1.82) is 5.26 Å². The lowest BCUT2D eigenvalue weighted by molar-refractivity contribution is -0.385. The summed E-state index contributed by atoms with van der Waals surface area (Å²) >= 11 is 4.73. The second kappa shape index (κ2) is 5.42. The number of aromatic nitrogens is 2. The third kappa shape index (κ3) is 2.36. The maximum absolute atomic E-state index is 11.9. The fourth-order valence-corrected chi connectivity index (χ4v) is 2.24. The maximum atomic E-state index is 11.9. The van der Waals surface area contributed by atoms with Gasteiger partial charge in [-0.05, 0) is 12.1 Å². The lowest BCUT2D eigenvalue weighted by Gasteiger charge is -2.02. The van der Waals surface area contributed by atoms with Crippen LogP contribution in [0.2, 0.25) is 0 Å². The fraction of sp³-hybridized carbons (Fsp3) is 0.154. The second-order valence-electron chi connectivity index (χ2n) is 4.59. The number of hydrogen-bond donors (Lipinski definition) is 1. The summed E-state index contributed by atoms with van der Waals surface area (Å²) in [6, 6.07) is 4.55. The van der Waals surface area contributed by atoms with Gasteiger partial charge in [-0.15, -0.1) is 0 Å². The minimum Gasteiger partial charge on any atom is -0.389 e. The molecule has 2 N–H and O–H groups in total. The molecule has 0 atom stereocenters. The number of nitrogens with two attached hydrogens (primary N) is 1. The molecule has 112 valence electrons. The van der Waals surface area contributed by atoms with Crippen molar-refractivity contribution in [1.82, 2.24) is 9.13 Å². The predicted molar refractivity (Wildman–Crippen MR) is 85.2 cm³/mol. The van der Waals surface area contributed by atoms with Gasteiger partial charge in [0.05, 0.1) is 27.1 Å². The summed E-state index contributed by atoms with van der Waals surface area (Å²) in [5, 5.41) is 20.2. The number of hydrogen-bond acceptors (Lipinski definition) is 5. The van der Waals surface area contributed by atoms with Crippen molar-refractivity contribution in [2.24, 2.45) is 19.8 Å². The van der Waals surface area contributed by atoms with Crippen LogP contribution in [0.1, 0.15) is 5.56 Å². The standard InChI is InChI=1S/C13H11N5O3S/c1-16-10-4-7(3-8(6-14)12(15)22)9(18(20)21)5-11(10)17(2)13(16)19/h3-5H,1-2H3,(H2,15,22)/b8-3-. The molecule has 22 heavy (non-hydrogen) atoms. The van der Waals surface area contributed by atoms with Crippen LogP contribution in [0.25, 0.3) is 17.1 Å². The monoisotopic (exact) mass is 317 g/mol. The first kappa shape index (κ1) is 15.4. The van der Waals surface area contributed by atoms with Gasteiger partial charge in [0.1, 0.15) is 11.1 Å². The van der Waals surface area contributed by atoms with Crippen LogP contribution < -0.4 is 11.4 Å². The van der Waals surface area contributed by atoms with Crippen LogP contribution in [0.5, 0.6) is 0 Å². The van der Waals surface area contributed by atoms with Crippen molar-refractivity contribution in [3.8, 4) is 6.07 Å². The molecule has 0 spiro atoms. The summed E-state index contributed by atoms with van der Waals surface area (Å²) in [7, 11) is 3.09. The van der Waals surface area contributed by atoms with Crippen LogP contribution >= 0.6 is 12.2 Å². The Morgan fingerprint density at radius 1 is 1.41 bits per heavy atom. The molecule has 0 bridgehead atoms. The molecule has 1 heterocycles. The number of nitrogens with zero attached hydrogens (tertiary/aromatic N) is 4. The van der Waals surface area contributed by atoms with Gasteiger partial charge in [0.2, 0.25) is 0 Å². The predicted octanol–water partition coefficient (Wildman–Crippen LogP) is 0.978. The minimum absolute atomic E-state index is 0.0432. The molecule has 0 amide bonds. The number of aryl methyl sites for hydroxylation is 2. The zero-order valence-corrected chi connectivity index (χ0v) is 12.5. The number of rotatable bonds is 3. The normalized spacial score (nSPS) is 11.4. The summed E-state index contributed by atoms with van der Waals surface area (Å²) < 4.78 is 2.68. The van der Waals surface area contributed by atoms with Crippen molar-refractivity contribution >= 4 is 40.0 Å². The van der Waals surface area contributed by atoms with Crippen LogP contribution in [-0.4, -0.2) is 19.0 Å². The zero-order valence-electron chi connectivity index (χ0n) is 11.7. The SMILES string of the molecule is Cn1c(=O)n(C)c2cc([N+](=O)[O-])c(/C=C(/C#N)C(N)=S)cc21. The fourth-order valence-electron chi connectivity index (χ4n) is 2.14. The van der Waals surface area contributed by atoms with Crippen molar-refractivity contribution < 1.29 is 4.92 Å². The van der Waals surface area contributed by atoms with E-state index in [1.54, 1.807) is 13.1 Å². The number of nitro benzene ring substituents is 1. The van der Waals surface area contributed by atoms with E-state index in [1.165, 1.54) is 34.4 Å². The lowest BCUT2D eigenvalue weighted by Crippen LogP contribution is -2.19. The molecule has 2 rings (SSSR count). The van der Waals surface area contributed by atoms with E-state index in [2.05, 4.69) is 0 Å². The molecule has 2 aromatic rings. The Bertz CT molecular complexity index is 945. The van der Waals surface area contributed by atoms with Crippen LogP contribution in [0, 0.1) is 21.4 Å². The van der Waals surface area contributed by atoms with Gasteiger partial charge in [-0.25, -0.2) is 4.79 Å². The Morgan fingerprint density at radius 2 is 1.95 bits per heavy atom. The van der Waals surface area contributed by atoms with Crippen LogP contribution in [0.3, 0.4) is 0 Å². The van der Waals surface area contributed by atoms with E-state index < -0.39 is 4.92 Å². The number of imidazole rings is 1. The number of thiocarbonyl (C=S) groups is 1. The maximum Gasteiger partial charge on any atom is 0.328 e. The molecule has 8 nitrogen and oxygen atoms in total. The highest BCUT2D eigenvalue weighted by Crippen LogP contribution is 2.27. The molecule has 0 aliphatic heterocycles. The van der Waals surface area contributed by atoms with Gasteiger partial charge < -0.3 is 5.73 Å². The van der Waals surface area contributed by atoms with Gasteiger partial charge in [-0.1, -0.05) is 12.2 Å². The number of nitriles is 1. The molecule has 0 fully saturated rings. The Morgan fingerprint density at radius 3 is 2.41 bits per heavy atom. The van der Waals surface area contributed by atoms with Gasteiger partial charge in [-0.2, -0.15) is 5.26 Å². The Balaban J connectivity index is 2.89. The van der Waals surface area contributed by atoms with Crippen LogP contribution in [0.4, 0.5) is 5.69 Å². The third-order valence-electron chi connectivity index (χ3n) is 3.30.